The highest BCUT2D eigenvalue weighted by Crippen LogP contribution is 2.20. The van der Waals surface area contributed by atoms with Gasteiger partial charge in [0.05, 0.1) is 5.69 Å². The van der Waals surface area contributed by atoms with E-state index in [1.165, 1.54) is 4.68 Å². The third-order valence-corrected chi connectivity index (χ3v) is 2.80. The topological polar surface area (TPSA) is 76.7 Å². The molecule has 0 aliphatic rings. The Morgan fingerprint density at radius 3 is 2.76 bits per heavy atom. The maximum absolute atomic E-state index is 12.0. The first-order valence-electron chi connectivity index (χ1n) is 5.23. The Kier molecular flexibility index (Phi) is 2.93. The lowest BCUT2D eigenvalue weighted by Gasteiger charge is -2.04. The van der Waals surface area contributed by atoms with Crippen LogP contribution in [0.1, 0.15) is 25.5 Å². The molecule has 0 aromatic carbocycles. The van der Waals surface area contributed by atoms with Crippen molar-refractivity contribution in [3.05, 3.63) is 39.5 Å². The molecule has 0 aliphatic heterocycles. The minimum atomic E-state index is -0.302. The predicted molar refractivity (Wildman–Crippen MR) is 67.7 cm³/mol. The Hall–Kier alpha value is -1.75. The number of aromatic amines is 1. The predicted octanol–water partition coefficient (Wildman–Crippen LogP) is 1.92. The average Bonchev–Trinajstić information content (AvgIpc) is 2.57. The molecule has 0 spiro atoms. The summed E-state index contributed by atoms with van der Waals surface area (Å²) in [6, 6.07) is 3.41. The molecule has 6 heteroatoms. The fraction of sp³-hybridized carbons (Fsp3) is 0.273. The molecule has 2 rings (SSSR count). The summed E-state index contributed by atoms with van der Waals surface area (Å²) in [6.07, 6.45) is 1.56. The number of anilines is 1. The Labute approximate surface area is 103 Å². The minimum absolute atomic E-state index is 0.138. The van der Waals surface area contributed by atoms with Crippen LogP contribution in [-0.4, -0.2) is 14.8 Å². The second-order valence-electron chi connectivity index (χ2n) is 4.05. The molecule has 17 heavy (non-hydrogen) atoms. The number of halogens is 1. The molecular weight excluding hydrogens is 240 g/mol. The van der Waals surface area contributed by atoms with Crippen molar-refractivity contribution in [1.29, 1.82) is 0 Å². The van der Waals surface area contributed by atoms with Gasteiger partial charge in [-0.2, -0.15) is 0 Å². The van der Waals surface area contributed by atoms with Gasteiger partial charge in [-0.15, -0.1) is 0 Å². The monoisotopic (exact) mass is 252 g/mol. The Morgan fingerprint density at radius 1 is 1.53 bits per heavy atom. The molecule has 0 unspecified atom stereocenters. The molecule has 0 saturated carbocycles. The van der Waals surface area contributed by atoms with Crippen molar-refractivity contribution in [2.75, 3.05) is 5.73 Å². The van der Waals surface area contributed by atoms with Gasteiger partial charge in [0, 0.05) is 6.20 Å². The first kappa shape index (κ1) is 11.7. The molecule has 2 aromatic heterocycles. The molecule has 2 heterocycles. The highest BCUT2D eigenvalue weighted by Gasteiger charge is 2.16. The summed E-state index contributed by atoms with van der Waals surface area (Å²) in [7, 11) is 0. The third kappa shape index (κ3) is 1.93. The second-order valence-corrected chi connectivity index (χ2v) is 4.41. The maximum Gasteiger partial charge on any atom is 0.294 e. The van der Waals surface area contributed by atoms with Crippen LogP contribution in [0.3, 0.4) is 0 Å². The van der Waals surface area contributed by atoms with E-state index in [-0.39, 0.29) is 22.3 Å². The van der Waals surface area contributed by atoms with Crippen LogP contribution in [0.5, 0.6) is 0 Å². The number of nitrogens with two attached hydrogens (primary N) is 1. The third-order valence-electron chi connectivity index (χ3n) is 2.51. The van der Waals surface area contributed by atoms with E-state index in [4.69, 9.17) is 17.3 Å². The first-order chi connectivity index (χ1) is 8.02. The lowest BCUT2D eigenvalue weighted by molar-refractivity contribution is 0.759. The molecule has 0 amide bonds. The lowest BCUT2D eigenvalue weighted by Crippen LogP contribution is -2.17. The van der Waals surface area contributed by atoms with Crippen LogP contribution < -0.4 is 11.3 Å². The molecular formula is C11H13ClN4O. The normalized spacial score (nSPS) is 11.1. The number of aromatic nitrogens is 3. The van der Waals surface area contributed by atoms with E-state index >= 15 is 0 Å². The number of nitrogens with zero attached hydrogens (tertiary/aromatic N) is 2. The van der Waals surface area contributed by atoms with Gasteiger partial charge in [-0.1, -0.05) is 25.4 Å². The molecule has 0 bridgehead atoms. The van der Waals surface area contributed by atoms with Crippen molar-refractivity contribution in [1.82, 2.24) is 14.8 Å². The number of hydrogen-bond donors (Lipinski definition) is 2. The van der Waals surface area contributed by atoms with Gasteiger partial charge in [0.1, 0.15) is 11.4 Å². The maximum atomic E-state index is 12.0. The summed E-state index contributed by atoms with van der Waals surface area (Å²) in [6.45, 7) is 3.91. The van der Waals surface area contributed by atoms with Gasteiger partial charge in [0.25, 0.3) is 5.56 Å². The summed E-state index contributed by atoms with van der Waals surface area (Å²) >= 11 is 5.94. The Bertz CT molecular complexity index is 600. The van der Waals surface area contributed by atoms with E-state index in [1.54, 1.807) is 18.3 Å². The van der Waals surface area contributed by atoms with Crippen molar-refractivity contribution < 1.29 is 0 Å². The van der Waals surface area contributed by atoms with Gasteiger partial charge in [0.15, 0.2) is 5.15 Å². The fourth-order valence-corrected chi connectivity index (χ4v) is 1.83. The van der Waals surface area contributed by atoms with Gasteiger partial charge in [-0.05, 0) is 18.1 Å². The van der Waals surface area contributed by atoms with Crippen molar-refractivity contribution in [3.8, 4) is 5.69 Å². The molecule has 90 valence electrons. The smallest absolute Gasteiger partial charge is 0.294 e. The van der Waals surface area contributed by atoms with E-state index in [2.05, 4.69) is 10.1 Å². The van der Waals surface area contributed by atoms with Crippen molar-refractivity contribution in [2.45, 2.75) is 19.8 Å². The molecule has 0 fully saturated rings. The standard InChI is InChI=1S/C11H13ClN4O/c1-6(2)9-8(13)11(17)16(15-9)7-4-3-5-14-10(7)12/h3-6,15H,13H2,1-2H3. The van der Waals surface area contributed by atoms with E-state index in [1.807, 2.05) is 13.8 Å². The number of pyridine rings is 1. The van der Waals surface area contributed by atoms with E-state index in [0.29, 0.717) is 11.4 Å². The number of hydrogen-bond acceptors (Lipinski definition) is 3. The first-order valence-corrected chi connectivity index (χ1v) is 5.61. The zero-order chi connectivity index (χ0) is 12.6. The van der Waals surface area contributed by atoms with Gasteiger partial charge in [0.2, 0.25) is 0 Å². The highest BCUT2D eigenvalue weighted by molar-refractivity contribution is 6.31. The van der Waals surface area contributed by atoms with Crippen LogP contribution >= 0.6 is 11.6 Å². The van der Waals surface area contributed by atoms with Gasteiger partial charge in [-0.3, -0.25) is 9.89 Å². The summed E-state index contributed by atoms with van der Waals surface area (Å²) in [5, 5.41) is 3.22. The molecule has 0 radical (unpaired) electrons. The number of H-pyrrole nitrogens is 1. The van der Waals surface area contributed by atoms with Crippen molar-refractivity contribution >= 4 is 17.3 Å². The van der Waals surface area contributed by atoms with Crippen molar-refractivity contribution in [3.63, 3.8) is 0 Å². The summed E-state index contributed by atoms with van der Waals surface area (Å²) in [5.41, 5.74) is 6.89. The molecule has 3 N–H and O–H groups in total. The number of nitrogen functional groups attached to an aromatic ring is 1. The second kappa shape index (κ2) is 4.25. The van der Waals surface area contributed by atoms with Crippen LogP contribution in [-0.2, 0) is 0 Å². The van der Waals surface area contributed by atoms with E-state index in [9.17, 15) is 4.79 Å². The number of rotatable bonds is 2. The van der Waals surface area contributed by atoms with Crippen LogP contribution in [0.4, 0.5) is 5.69 Å². The SMILES string of the molecule is CC(C)c1[nH]n(-c2cccnc2Cl)c(=O)c1N. The lowest BCUT2D eigenvalue weighted by atomic mass is 10.1. The summed E-state index contributed by atoms with van der Waals surface area (Å²) in [5.74, 6) is 0.138. The quantitative estimate of drug-likeness (QED) is 0.802. The molecule has 0 saturated heterocycles. The largest absolute Gasteiger partial charge is 0.393 e. The van der Waals surface area contributed by atoms with Crippen molar-refractivity contribution in [2.24, 2.45) is 0 Å². The van der Waals surface area contributed by atoms with Gasteiger partial charge in [-0.25, -0.2) is 9.67 Å². The average molecular weight is 253 g/mol. The summed E-state index contributed by atoms with van der Waals surface area (Å²) in [4.78, 5) is 15.9. The van der Waals surface area contributed by atoms with Crippen LogP contribution in [0.25, 0.3) is 5.69 Å². The molecule has 5 nitrogen and oxygen atoms in total. The molecule has 0 aliphatic carbocycles. The van der Waals surface area contributed by atoms with Gasteiger partial charge < -0.3 is 5.73 Å². The van der Waals surface area contributed by atoms with Gasteiger partial charge >= 0.3 is 0 Å². The summed E-state index contributed by atoms with van der Waals surface area (Å²) < 4.78 is 1.32. The van der Waals surface area contributed by atoms with Crippen LogP contribution in [0.2, 0.25) is 5.15 Å². The minimum Gasteiger partial charge on any atom is -0.393 e. The van der Waals surface area contributed by atoms with Crippen LogP contribution in [0, 0.1) is 0 Å². The number of nitrogens with one attached hydrogen (secondary N) is 1. The Balaban J connectivity index is 2.66. The highest BCUT2D eigenvalue weighted by atomic mass is 35.5. The zero-order valence-corrected chi connectivity index (χ0v) is 10.3. The Morgan fingerprint density at radius 2 is 2.24 bits per heavy atom. The fourth-order valence-electron chi connectivity index (χ4n) is 1.62. The zero-order valence-electron chi connectivity index (χ0n) is 9.57. The van der Waals surface area contributed by atoms with Crippen LogP contribution in [0.15, 0.2) is 23.1 Å². The molecule has 0 atom stereocenters. The van der Waals surface area contributed by atoms with E-state index in [0.717, 1.165) is 0 Å². The molecule has 2 aromatic rings. The van der Waals surface area contributed by atoms with E-state index < -0.39 is 0 Å².